The maximum absolute atomic E-state index is 13.1. The number of benzene rings is 2. The number of thiazole rings is 1. The number of rotatable bonds is 8. The Hall–Kier alpha value is -3.50. The van der Waals surface area contributed by atoms with E-state index >= 15 is 0 Å². The zero-order valence-electron chi connectivity index (χ0n) is 20.5. The molecule has 186 valence electrons. The van der Waals surface area contributed by atoms with E-state index in [9.17, 15) is 4.39 Å². The van der Waals surface area contributed by atoms with Gasteiger partial charge in [0, 0.05) is 31.5 Å². The van der Waals surface area contributed by atoms with Crippen molar-refractivity contribution in [3.05, 3.63) is 71.0 Å². The number of hydrazine groups is 1. The monoisotopic (exact) mass is 521 g/mol. The Morgan fingerprint density at radius 3 is 2.50 bits per heavy atom. The van der Waals surface area contributed by atoms with Crippen LogP contribution in [0.4, 0.5) is 42.3 Å². The van der Waals surface area contributed by atoms with E-state index in [1.54, 1.807) is 11.3 Å². The summed E-state index contributed by atoms with van der Waals surface area (Å²) in [6.07, 6.45) is 3.73. The lowest BCUT2D eigenvalue weighted by Crippen LogP contribution is -2.15. The van der Waals surface area contributed by atoms with E-state index in [0.29, 0.717) is 5.13 Å². The molecule has 0 amide bonds. The molecule has 2 N–H and O–H groups in total. The number of nitrogens with zero attached hydrogens (tertiary/aromatic N) is 5. The molecular weight excluding hydrogens is 493 g/mol. The van der Waals surface area contributed by atoms with E-state index in [0.717, 1.165) is 63.3 Å². The molecule has 1 aliphatic rings. The Morgan fingerprint density at radius 1 is 0.944 bits per heavy atom. The van der Waals surface area contributed by atoms with Crippen LogP contribution < -0.4 is 20.7 Å². The van der Waals surface area contributed by atoms with Gasteiger partial charge in [-0.3, -0.25) is 10.9 Å². The first-order valence-electron chi connectivity index (χ1n) is 11.8. The van der Waals surface area contributed by atoms with Gasteiger partial charge in [0.2, 0.25) is 5.13 Å². The van der Waals surface area contributed by atoms with Gasteiger partial charge in [0.1, 0.15) is 5.00 Å². The molecule has 0 radical (unpaired) electrons. The molecular formula is C26H28FN7S2. The third-order valence-corrected chi connectivity index (χ3v) is 7.91. The van der Waals surface area contributed by atoms with Crippen molar-refractivity contribution in [2.24, 2.45) is 10.2 Å². The van der Waals surface area contributed by atoms with Crippen LogP contribution in [0.25, 0.3) is 0 Å². The van der Waals surface area contributed by atoms with Gasteiger partial charge in [0.25, 0.3) is 0 Å². The number of hydrogen-bond acceptors (Lipinski definition) is 9. The Kier molecular flexibility index (Phi) is 7.15. The summed E-state index contributed by atoms with van der Waals surface area (Å²) in [5.41, 5.74) is 12.1. The number of thiophene rings is 1. The summed E-state index contributed by atoms with van der Waals surface area (Å²) in [5, 5.41) is 11.3. The molecule has 1 aliphatic heterocycles. The molecule has 3 heterocycles. The lowest BCUT2D eigenvalue weighted by atomic mass is 10.1. The predicted molar refractivity (Wildman–Crippen MR) is 150 cm³/mol. The summed E-state index contributed by atoms with van der Waals surface area (Å²) in [6, 6.07) is 16.5. The SMILES string of the molecule is Cc1cc(N(C)c2ccc(/N=N/c3ccc(N4CCCC4)s3)cc2C)ccc1NNc1ncc(F)s1. The van der Waals surface area contributed by atoms with E-state index in [2.05, 4.69) is 67.1 Å². The fraction of sp³-hybridized carbons (Fsp3) is 0.269. The summed E-state index contributed by atoms with van der Waals surface area (Å²) in [6.45, 7) is 6.38. The summed E-state index contributed by atoms with van der Waals surface area (Å²) in [7, 11) is 2.05. The number of azo groups is 1. The second-order valence-corrected chi connectivity index (χ2v) is 10.8. The van der Waals surface area contributed by atoms with Crippen LogP contribution in [0.5, 0.6) is 0 Å². The quantitative estimate of drug-likeness (QED) is 0.181. The third kappa shape index (κ3) is 5.50. The van der Waals surface area contributed by atoms with E-state index in [-0.39, 0.29) is 5.13 Å². The van der Waals surface area contributed by atoms with Crippen LogP contribution in [-0.2, 0) is 0 Å². The largest absolute Gasteiger partial charge is 0.363 e. The maximum atomic E-state index is 13.1. The highest BCUT2D eigenvalue weighted by atomic mass is 32.1. The van der Waals surface area contributed by atoms with Gasteiger partial charge in [-0.15, -0.1) is 10.2 Å². The van der Waals surface area contributed by atoms with Crippen molar-refractivity contribution >= 4 is 60.6 Å². The smallest absolute Gasteiger partial charge is 0.204 e. The van der Waals surface area contributed by atoms with E-state index < -0.39 is 0 Å². The number of aromatic nitrogens is 1. The Bertz CT molecular complexity index is 1370. The first kappa shape index (κ1) is 24.2. The highest BCUT2D eigenvalue weighted by Gasteiger charge is 2.14. The van der Waals surface area contributed by atoms with Gasteiger partial charge in [0.05, 0.1) is 22.6 Å². The fourth-order valence-corrected chi connectivity index (χ4v) is 5.61. The van der Waals surface area contributed by atoms with Crippen LogP contribution in [0.2, 0.25) is 0 Å². The predicted octanol–water partition coefficient (Wildman–Crippen LogP) is 8.18. The normalized spacial score (nSPS) is 13.5. The molecule has 4 aromatic rings. The summed E-state index contributed by atoms with van der Waals surface area (Å²) < 4.78 is 13.1. The maximum Gasteiger partial charge on any atom is 0.204 e. The van der Waals surface area contributed by atoms with Gasteiger partial charge in [-0.05, 0) is 86.3 Å². The lowest BCUT2D eigenvalue weighted by Gasteiger charge is -2.23. The molecule has 5 rings (SSSR count). The van der Waals surface area contributed by atoms with Crippen LogP contribution in [0.1, 0.15) is 24.0 Å². The average molecular weight is 522 g/mol. The van der Waals surface area contributed by atoms with Crippen LogP contribution >= 0.6 is 22.7 Å². The molecule has 1 fully saturated rings. The molecule has 0 unspecified atom stereocenters. The molecule has 36 heavy (non-hydrogen) atoms. The van der Waals surface area contributed by atoms with Gasteiger partial charge in [-0.2, -0.15) is 4.39 Å². The van der Waals surface area contributed by atoms with Gasteiger partial charge in [-0.1, -0.05) is 22.7 Å². The first-order chi connectivity index (χ1) is 17.5. The summed E-state index contributed by atoms with van der Waals surface area (Å²) in [5.74, 6) is 0. The zero-order valence-corrected chi connectivity index (χ0v) is 22.1. The van der Waals surface area contributed by atoms with Crippen LogP contribution in [-0.4, -0.2) is 25.1 Å². The number of nitrogens with one attached hydrogen (secondary N) is 2. The highest BCUT2D eigenvalue weighted by Crippen LogP contribution is 2.36. The fourth-order valence-electron chi connectivity index (χ4n) is 4.23. The molecule has 2 aromatic carbocycles. The van der Waals surface area contributed by atoms with Gasteiger partial charge >= 0.3 is 0 Å². The average Bonchev–Trinajstić information content (AvgIpc) is 3.64. The van der Waals surface area contributed by atoms with Gasteiger partial charge in [-0.25, -0.2) is 4.98 Å². The topological polar surface area (TPSA) is 68.2 Å². The van der Waals surface area contributed by atoms with Crippen molar-refractivity contribution in [2.75, 3.05) is 40.8 Å². The van der Waals surface area contributed by atoms with E-state index in [4.69, 9.17) is 0 Å². The van der Waals surface area contributed by atoms with Crippen molar-refractivity contribution in [3.8, 4) is 0 Å². The minimum atomic E-state index is -0.325. The molecule has 0 aliphatic carbocycles. The highest BCUT2D eigenvalue weighted by molar-refractivity contribution is 7.19. The molecule has 10 heteroatoms. The van der Waals surface area contributed by atoms with E-state index in [1.165, 1.54) is 24.0 Å². The number of halogens is 1. The molecule has 7 nitrogen and oxygen atoms in total. The Morgan fingerprint density at radius 2 is 1.78 bits per heavy atom. The minimum absolute atomic E-state index is 0.325. The molecule has 0 atom stereocenters. The Labute approximate surface area is 218 Å². The van der Waals surface area contributed by atoms with Gasteiger partial charge in [0.15, 0.2) is 5.13 Å². The summed E-state index contributed by atoms with van der Waals surface area (Å²) in [4.78, 5) is 8.53. The second-order valence-electron chi connectivity index (χ2n) is 8.75. The second kappa shape index (κ2) is 10.6. The number of anilines is 5. The zero-order chi connectivity index (χ0) is 25.1. The van der Waals surface area contributed by atoms with Crippen molar-refractivity contribution < 1.29 is 4.39 Å². The molecule has 1 saturated heterocycles. The third-order valence-electron chi connectivity index (χ3n) is 6.18. The standard InChI is InChI=1S/C26H28FN7S2/c1-17-15-20(7-8-21(17)30-32-26-28-16-23(27)35-26)33(3)22-9-6-19(14-18(22)2)29-31-24-10-11-25(36-24)34-12-4-5-13-34/h6-11,14-16,30H,4-5,12-13H2,1-3H3,(H,28,32)/b31-29+. The molecule has 2 aromatic heterocycles. The first-order valence-corrected chi connectivity index (χ1v) is 13.4. The molecule has 0 bridgehead atoms. The number of hydrogen-bond donors (Lipinski definition) is 2. The van der Waals surface area contributed by atoms with Crippen LogP contribution in [0.3, 0.4) is 0 Å². The minimum Gasteiger partial charge on any atom is -0.363 e. The summed E-state index contributed by atoms with van der Waals surface area (Å²) >= 11 is 2.65. The number of aryl methyl sites for hydroxylation is 2. The van der Waals surface area contributed by atoms with Crippen molar-refractivity contribution in [2.45, 2.75) is 26.7 Å². The lowest BCUT2D eigenvalue weighted by molar-refractivity contribution is 0.653. The van der Waals surface area contributed by atoms with Crippen molar-refractivity contribution in [1.29, 1.82) is 0 Å². The molecule has 0 spiro atoms. The van der Waals surface area contributed by atoms with Crippen molar-refractivity contribution in [1.82, 2.24) is 4.98 Å². The van der Waals surface area contributed by atoms with Crippen molar-refractivity contribution in [3.63, 3.8) is 0 Å². The Balaban J connectivity index is 1.24. The molecule has 0 saturated carbocycles. The van der Waals surface area contributed by atoms with E-state index in [1.807, 2.05) is 38.2 Å². The van der Waals surface area contributed by atoms with Crippen LogP contribution in [0, 0.1) is 19.0 Å². The van der Waals surface area contributed by atoms with Crippen LogP contribution in [0.15, 0.2) is 65.0 Å². The van der Waals surface area contributed by atoms with Gasteiger partial charge < -0.3 is 9.80 Å².